The van der Waals surface area contributed by atoms with Crippen molar-refractivity contribution in [2.24, 2.45) is 34.5 Å². The molecule has 0 unspecified atom stereocenters. The summed E-state index contributed by atoms with van der Waals surface area (Å²) in [5.41, 5.74) is 1.89. The molecule has 1 aromatic rings. The van der Waals surface area contributed by atoms with Crippen molar-refractivity contribution in [3.63, 3.8) is 0 Å². The van der Waals surface area contributed by atoms with E-state index in [2.05, 4.69) is 19.9 Å². The van der Waals surface area contributed by atoms with Crippen LogP contribution >= 0.6 is 0 Å². The maximum atomic E-state index is 14.2. The monoisotopic (exact) mass is 440 g/mol. The Balaban J connectivity index is 1.35. The number of aryl methyl sites for hydroxylation is 1. The molecule has 0 aliphatic heterocycles. The number of fused-ring (bicyclic) bond motifs is 5. The summed E-state index contributed by atoms with van der Waals surface area (Å²) in [5.74, 6) is 2.20. The maximum absolute atomic E-state index is 14.2. The Kier molecular flexibility index (Phi) is 5.61. The topological polar surface area (TPSA) is 40.5 Å². The van der Waals surface area contributed by atoms with E-state index < -0.39 is 5.60 Å². The summed E-state index contributed by atoms with van der Waals surface area (Å²) in [4.78, 5) is 0. The van der Waals surface area contributed by atoms with Crippen molar-refractivity contribution >= 4 is 0 Å². The van der Waals surface area contributed by atoms with Gasteiger partial charge in [-0.3, -0.25) is 0 Å². The van der Waals surface area contributed by atoms with Gasteiger partial charge in [-0.15, -0.1) is 0 Å². The smallest absolute Gasteiger partial charge is 0.126 e. The van der Waals surface area contributed by atoms with Crippen LogP contribution in [-0.4, -0.2) is 21.9 Å². The van der Waals surface area contributed by atoms with Gasteiger partial charge in [-0.05, 0) is 117 Å². The van der Waals surface area contributed by atoms with E-state index in [0.717, 1.165) is 38.0 Å². The van der Waals surface area contributed by atoms with E-state index in [-0.39, 0.29) is 28.7 Å². The zero-order valence-corrected chi connectivity index (χ0v) is 20.1. The van der Waals surface area contributed by atoms with E-state index in [9.17, 15) is 14.6 Å². The van der Waals surface area contributed by atoms with Crippen LogP contribution in [0.25, 0.3) is 0 Å². The molecule has 32 heavy (non-hydrogen) atoms. The molecule has 4 aliphatic rings. The van der Waals surface area contributed by atoms with E-state index in [1.807, 2.05) is 19.1 Å². The molecule has 5 rings (SSSR count). The minimum Gasteiger partial charge on any atom is -0.393 e. The van der Waals surface area contributed by atoms with Crippen molar-refractivity contribution in [2.45, 2.75) is 96.7 Å². The molecule has 0 aromatic heterocycles. The molecule has 0 heterocycles. The Morgan fingerprint density at radius 3 is 2.62 bits per heavy atom. The number of allylic oxidation sites excluding steroid dienone is 1. The first-order valence-electron chi connectivity index (χ1n) is 13.0. The van der Waals surface area contributed by atoms with Gasteiger partial charge in [0.2, 0.25) is 0 Å². The van der Waals surface area contributed by atoms with Gasteiger partial charge in [-0.1, -0.05) is 43.7 Å². The number of hydrogen-bond acceptors (Lipinski definition) is 2. The fourth-order valence-electron chi connectivity index (χ4n) is 8.93. The van der Waals surface area contributed by atoms with Crippen molar-refractivity contribution in [2.75, 3.05) is 0 Å². The van der Waals surface area contributed by atoms with Crippen LogP contribution < -0.4 is 0 Å². The molecular weight excluding hydrogens is 399 g/mol. The second-order valence-electron chi connectivity index (χ2n) is 12.3. The van der Waals surface area contributed by atoms with E-state index >= 15 is 0 Å². The second kappa shape index (κ2) is 7.94. The van der Waals surface area contributed by atoms with Crippen molar-refractivity contribution in [3.05, 3.63) is 47.3 Å². The number of hydrogen-bond donors (Lipinski definition) is 2. The van der Waals surface area contributed by atoms with Gasteiger partial charge in [0.1, 0.15) is 5.82 Å². The van der Waals surface area contributed by atoms with Gasteiger partial charge in [-0.2, -0.15) is 0 Å². The Labute approximate surface area is 193 Å². The highest BCUT2D eigenvalue weighted by Gasteiger charge is 2.61. The Morgan fingerprint density at radius 1 is 1.06 bits per heavy atom. The summed E-state index contributed by atoms with van der Waals surface area (Å²) < 4.78 is 14.2. The molecule has 1 aromatic carbocycles. The fraction of sp³-hybridized carbons (Fsp3) is 0.724. The van der Waals surface area contributed by atoms with Crippen LogP contribution in [0.15, 0.2) is 35.9 Å². The van der Waals surface area contributed by atoms with E-state index in [1.54, 1.807) is 6.07 Å². The lowest BCUT2D eigenvalue weighted by atomic mass is 9.46. The summed E-state index contributed by atoms with van der Waals surface area (Å²) in [5, 5.41) is 21.9. The highest BCUT2D eigenvalue weighted by Crippen LogP contribution is 2.67. The predicted octanol–water partition coefficient (Wildman–Crippen LogP) is 6.45. The zero-order chi connectivity index (χ0) is 22.7. The average Bonchev–Trinajstić information content (AvgIpc) is 3.12. The summed E-state index contributed by atoms with van der Waals surface area (Å²) in [6.45, 7) is 6.94. The SMILES string of the molecule is C[C@]12CC[C@H]3[C@@H](CC=C4C[C@@H](O)CC[C@@]43C)[C@@H]1CC[C@@H]2[C@@](C)(O)CCc1ccccc1F. The molecule has 8 atom stereocenters. The van der Waals surface area contributed by atoms with Gasteiger partial charge in [0.05, 0.1) is 11.7 Å². The van der Waals surface area contributed by atoms with Crippen molar-refractivity contribution in [1.82, 2.24) is 0 Å². The Bertz CT molecular complexity index is 891. The maximum Gasteiger partial charge on any atom is 0.126 e. The minimum absolute atomic E-state index is 0.153. The van der Waals surface area contributed by atoms with Gasteiger partial charge in [-0.25, -0.2) is 4.39 Å². The molecule has 2 nitrogen and oxygen atoms in total. The molecular formula is C29H41FO2. The number of aliphatic hydroxyl groups excluding tert-OH is 1. The first-order chi connectivity index (χ1) is 15.1. The Hall–Kier alpha value is -1.19. The van der Waals surface area contributed by atoms with Crippen molar-refractivity contribution in [3.8, 4) is 0 Å². The van der Waals surface area contributed by atoms with Crippen molar-refractivity contribution < 1.29 is 14.6 Å². The molecule has 0 bridgehead atoms. The van der Waals surface area contributed by atoms with Crippen LogP contribution in [0.1, 0.15) is 84.1 Å². The van der Waals surface area contributed by atoms with E-state index in [0.29, 0.717) is 30.2 Å². The largest absolute Gasteiger partial charge is 0.393 e. The molecule has 3 heteroatoms. The second-order valence-corrected chi connectivity index (χ2v) is 12.3. The number of aliphatic hydroxyl groups is 2. The average molecular weight is 441 g/mol. The third-order valence-electron chi connectivity index (χ3n) is 10.7. The molecule has 176 valence electrons. The number of benzene rings is 1. The van der Waals surface area contributed by atoms with Gasteiger partial charge in [0, 0.05) is 0 Å². The van der Waals surface area contributed by atoms with Crippen molar-refractivity contribution in [1.29, 1.82) is 0 Å². The first-order valence-corrected chi connectivity index (χ1v) is 13.0. The van der Waals surface area contributed by atoms with Crippen LogP contribution in [-0.2, 0) is 6.42 Å². The van der Waals surface area contributed by atoms with Crippen LogP contribution in [0.4, 0.5) is 4.39 Å². The van der Waals surface area contributed by atoms with Gasteiger partial charge in [0.25, 0.3) is 0 Å². The van der Waals surface area contributed by atoms with Gasteiger partial charge < -0.3 is 10.2 Å². The molecule has 0 saturated heterocycles. The number of rotatable bonds is 4. The number of halogens is 1. The lowest BCUT2D eigenvalue weighted by molar-refractivity contribution is -0.104. The third-order valence-corrected chi connectivity index (χ3v) is 10.7. The summed E-state index contributed by atoms with van der Waals surface area (Å²) in [7, 11) is 0. The molecule has 4 aliphatic carbocycles. The van der Waals surface area contributed by atoms with E-state index in [1.165, 1.54) is 30.9 Å². The van der Waals surface area contributed by atoms with Crippen LogP contribution in [0, 0.1) is 40.3 Å². The zero-order valence-electron chi connectivity index (χ0n) is 20.1. The minimum atomic E-state index is -0.771. The van der Waals surface area contributed by atoms with Crippen LogP contribution in [0.5, 0.6) is 0 Å². The third kappa shape index (κ3) is 3.50. The fourth-order valence-corrected chi connectivity index (χ4v) is 8.93. The Morgan fingerprint density at radius 2 is 1.84 bits per heavy atom. The molecule has 3 fully saturated rings. The van der Waals surface area contributed by atoms with Crippen LogP contribution in [0.2, 0.25) is 0 Å². The lowest BCUT2D eigenvalue weighted by Crippen LogP contribution is -2.53. The molecule has 3 saturated carbocycles. The standard InChI is InChI=1S/C29H41FO2/c1-27-15-13-21(31)18-20(27)8-9-22-23-10-11-26(28(23,2)16-14-24(22)27)29(3,32)17-12-19-6-4-5-7-25(19)30/h4-8,21-24,26,31-32H,9-18H2,1-3H3/t21-,22-,23-,24-,26-,27-,28-,29-/m0/s1. The molecule has 0 radical (unpaired) electrons. The predicted molar refractivity (Wildman–Crippen MR) is 127 cm³/mol. The van der Waals surface area contributed by atoms with Gasteiger partial charge in [0.15, 0.2) is 0 Å². The van der Waals surface area contributed by atoms with E-state index in [4.69, 9.17) is 0 Å². The summed E-state index contributed by atoms with van der Waals surface area (Å²) >= 11 is 0. The molecule has 2 N–H and O–H groups in total. The first kappa shape index (κ1) is 22.6. The molecule has 0 spiro atoms. The molecule has 0 amide bonds. The highest BCUT2D eigenvalue weighted by atomic mass is 19.1. The summed E-state index contributed by atoms with van der Waals surface area (Å²) in [6.07, 6.45) is 12.3. The highest BCUT2D eigenvalue weighted by molar-refractivity contribution is 5.26. The summed E-state index contributed by atoms with van der Waals surface area (Å²) in [6, 6.07) is 6.99. The quantitative estimate of drug-likeness (QED) is 0.528. The van der Waals surface area contributed by atoms with Gasteiger partial charge >= 0.3 is 0 Å². The normalized spacial score (nSPS) is 42.9. The lowest BCUT2D eigenvalue weighted by Gasteiger charge is -2.59. The van der Waals surface area contributed by atoms with Crippen LogP contribution in [0.3, 0.4) is 0 Å².